The van der Waals surface area contributed by atoms with E-state index in [4.69, 9.17) is 0 Å². The first-order chi connectivity index (χ1) is 8.86. The van der Waals surface area contributed by atoms with E-state index in [1.807, 2.05) is 37.6 Å². The van der Waals surface area contributed by atoms with E-state index in [-0.39, 0.29) is 12.1 Å². The molecule has 0 aromatic carbocycles. The summed E-state index contributed by atoms with van der Waals surface area (Å²) >= 11 is 0. The average molecular weight is 268 g/mol. The van der Waals surface area contributed by atoms with Crippen LogP contribution in [0.2, 0.25) is 0 Å². The fourth-order valence-corrected chi connectivity index (χ4v) is 2.51. The van der Waals surface area contributed by atoms with Gasteiger partial charge in [0.05, 0.1) is 11.8 Å². The van der Waals surface area contributed by atoms with Crippen molar-refractivity contribution in [2.75, 3.05) is 27.2 Å². The van der Waals surface area contributed by atoms with Gasteiger partial charge in [0, 0.05) is 37.4 Å². The number of hydrogen-bond donors (Lipinski definition) is 2. The normalized spacial score (nSPS) is 14.9. The van der Waals surface area contributed by atoms with Gasteiger partial charge in [0.25, 0.3) is 0 Å². The second-order valence-corrected chi connectivity index (χ2v) is 5.49. The van der Waals surface area contributed by atoms with Crippen LogP contribution in [0.1, 0.15) is 36.3 Å². The average Bonchev–Trinajstić information content (AvgIpc) is 2.55. The molecule has 2 N–H and O–H groups in total. The van der Waals surface area contributed by atoms with Gasteiger partial charge >= 0.3 is 0 Å². The fourth-order valence-electron chi connectivity index (χ4n) is 2.51. The molecule has 1 aromatic heterocycles. The van der Waals surface area contributed by atoms with Crippen molar-refractivity contribution in [1.82, 2.24) is 20.0 Å². The van der Waals surface area contributed by atoms with Gasteiger partial charge in [-0.3, -0.25) is 4.68 Å². The van der Waals surface area contributed by atoms with Gasteiger partial charge in [-0.1, -0.05) is 6.92 Å². The molecule has 0 radical (unpaired) electrons. The Labute approximate surface area is 116 Å². The molecule has 0 fully saturated rings. The van der Waals surface area contributed by atoms with E-state index < -0.39 is 0 Å². The molecule has 2 unspecified atom stereocenters. The van der Waals surface area contributed by atoms with Crippen LogP contribution < -0.4 is 5.32 Å². The zero-order chi connectivity index (χ0) is 14.6. The van der Waals surface area contributed by atoms with Crippen molar-refractivity contribution >= 4 is 0 Å². The van der Waals surface area contributed by atoms with Gasteiger partial charge in [0.15, 0.2) is 0 Å². The molecule has 0 aliphatic heterocycles. The highest BCUT2D eigenvalue weighted by molar-refractivity contribution is 5.28. The summed E-state index contributed by atoms with van der Waals surface area (Å²) < 4.78 is 1.92. The predicted molar refractivity (Wildman–Crippen MR) is 78.3 cm³/mol. The highest BCUT2D eigenvalue weighted by Crippen LogP contribution is 2.23. The van der Waals surface area contributed by atoms with Gasteiger partial charge in [-0.2, -0.15) is 5.10 Å². The molecule has 5 heteroatoms. The summed E-state index contributed by atoms with van der Waals surface area (Å²) in [6.45, 7) is 7.57. The molecule has 0 saturated carbocycles. The van der Waals surface area contributed by atoms with E-state index in [0.29, 0.717) is 13.1 Å². The van der Waals surface area contributed by atoms with Crippen molar-refractivity contribution in [2.24, 2.45) is 7.05 Å². The smallest absolute Gasteiger partial charge is 0.0791 e. The third-order valence-corrected chi connectivity index (χ3v) is 3.50. The lowest BCUT2D eigenvalue weighted by Crippen LogP contribution is -2.36. The Bertz CT molecular complexity index is 400. The number of nitrogens with one attached hydrogen (secondary N) is 1. The summed E-state index contributed by atoms with van der Waals surface area (Å²) in [5.74, 6) is 0. The van der Waals surface area contributed by atoms with Gasteiger partial charge in [0.2, 0.25) is 0 Å². The van der Waals surface area contributed by atoms with E-state index >= 15 is 0 Å². The first-order valence-electron chi connectivity index (χ1n) is 6.93. The number of aliphatic hydroxyl groups is 1. The van der Waals surface area contributed by atoms with Crippen molar-refractivity contribution in [1.29, 1.82) is 0 Å². The highest BCUT2D eigenvalue weighted by Gasteiger charge is 2.19. The zero-order valence-corrected chi connectivity index (χ0v) is 13.1. The van der Waals surface area contributed by atoms with E-state index in [1.165, 1.54) is 11.3 Å². The maximum absolute atomic E-state index is 9.93. The minimum atomic E-state index is -0.346. The number of nitrogens with zero attached hydrogens (tertiary/aromatic N) is 3. The van der Waals surface area contributed by atoms with Crippen LogP contribution in [-0.4, -0.2) is 53.1 Å². The van der Waals surface area contributed by atoms with E-state index in [0.717, 1.165) is 12.1 Å². The second-order valence-electron chi connectivity index (χ2n) is 5.49. The largest absolute Gasteiger partial charge is 0.390 e. The van der Waals surface area contributed by atoms with Crippen LogP contribution in [0.4, 0.5) is 0 Å². The predicted octanol–water partition coefficient (Wildman–Crippen LogP) is 1.00. The van der Waals surface area contributed by atoms with Gasteiger partial charge < -0.3 is 15.3 Å². The van der Waals surface area contributed by atoms with Gasteiger partial charge in [-0.25, -0.2) is 0 Å². The van der Waals surface area contributed by atoms with Crippen LogP contribution in [0.5, 0.6) is 0 Å². The SMILES string of the molecule is CCC(NCC(O)CN(C)C)c1c(C)nn(C)c1C. The molecule has 1 heterocycles. The van der Waals surface area contributed by atoms with Crippen LogP contribution >= 0.6 is 0 Å². The molecule has 1 aromatic rings. The van der Waals surface area contributed by atoms with Crippen molar-refractivity contribution < 1.29 is 5.11 Å². The lowest BCUT2D eigenvalue weighted by atomic mass is 10.0. The number of likely N-dealkylation sites (N-methyl/N-ethyl adjacent to an activating group) is 1. The van der Waals surface area contributed by atoms with Crippen LogP contribution in [0.25, 0.3) is 0 Å². The van der Waals surface area contributed by atoms with E-state index in [1.54, 1.807) is 0 Å². The molecule has 0 bridgehead atoms. The van der Waals surface area contributed by atoms with Crippen molar-refractivity contribution in [2.45, 2.75) is 39.3 Å². The zero-order valence-electron chi connectivity index (χ0n) is 13.1. The lowest BCUT2D eigenvalue weighted by Gasteiger charge is -2.22. The molecule has 0 spiro atoms. The Hall–Kier alpha value is -0.910. The fraction of sp³-hybridized carbons (Fsp3) is 0.786. The lowest BCUT2D eigenvalue weighted by molar-refractivity contribution is 0.131. The molecule has 2 atom stereocenters. The summed E-state index contributed by atoms with van der Waals surface area (Å²) in [7, 11) is 5.91. The number of aliphatic hydroxyl groups excluding tert-OH is 1. The van der Waals surface area contributed by atoms with Gasteiger partial charge in [-0.05, 0) is 34.4 Å². The first-order valence-corrected chi connectivity index (χ1v) is 6.93. The van der Waals surface area contributed by atoms with E-state index in [2.05, 4.69) is 24.3 Å². The molecule has 5 nitrogen and oxygen atoms in total. The van der Waals surface area contributed by atoms with Crippen LogP contribution in [-0.2, 0) is 7.05 Å². The quantitative estimate of drug-likeness (QED) is 0.774. The monoisotopic (exact) mass is 268 g/mol. The minimum absolute atomic E-state index is 0.255. The Morgan fingerprint density at radius 3 is 2.42 bits per heavy atom. The Morgan fingerprint density at radius 2 is 2.00 bits per heavy atom. The summed E-state index contributed by atoms with van der Waals surface area (Å²) in [5, 5.41) is 17.8. The van der Waals surface area contributed by atoms with Crippen molar-refractivity contribution in [3.8, 4) is 0 Å². The van der Waals surface area contributed by atoms with Gasteiger partial charge in [-0.15, -0.1) is 0 Å². The third kappa shape index (κ3) is 4.30. The molecule has 0 amide bonds. The molecule has 0 aliphatic rings. The second kappa shape index (κ2) is 7.03. The number of rotatable bonds is 7. The van der Waals surface area contributed by atoms with Crippen LogP contribution in [0, 0.1) is 13.8 Å². The standard InChI is InChI=1S/C14H28N4O/c1-7-13(15-8-12(19)9-17(4)5)14-10(2)16-18(6)11(14)3/h12-13,15,19H,7-9H2,1-6H3. The molecule has 19 heavy (non-hydrogen) atoms. The van der Waals surface area contributed by atoms with Crippen molar-refractivity contribution in [3.05, 3.63) is 17.0 Å². The molecule has 1 rings (SSSR count). The maximum atomic E-state index is 9.93. The number of hydrogen-bond acceptors (Lipinski definition) is 4. The Kier molecular flexibility index (Phi) is 5.97. The summed E-state index contributed by atoms with van der Waals surface area (Å²) in [6.07, 6.45) is 0.642. The molecule has 0 aliphatic carbocycles. The van der Waals surface area contributed by atoms with Gasteiger partial charge in [0.1, 0.15) is 0 Å². The third-order valence-electron chi connectivity index (χ3n) is 3.50. The Balaban J connectivity index is 2.68. The molecular weight excluding hydrogens is 240 g/mol. The maximum Gasteiger partial charge on any atom is 0.0791 e. The molecular formula is C14H28N4O. The minimum Gasteiger partial charge on any atom is -0.390 e. The van der Waals surface area contributed by atoms with Crippen LogP contribution in [0.15, 0.2) is 0 Å². The van der Waals surface area contributed by atoms with Crippen molar-refractivity contribution in [3.63, 3.8) is 0 Å². The summed E-state index contributed by atoms with van der Waals surface area (Å²) in [4.78, 5) is 1.99. The first kappa shape index (κ1) is 16.1. The highest BCUT2D eigenvalue weighted by atomic mass is 16.3. The molecule has 0 saturated heterocycles. The number of aromatic nitrogens is 2. The Morgan fingerprint density at radius 1 is 1.37 bits per heavy atom. The number of aryl methyl sites for hydroxylation is 2. The summed E-state index contributed by atoms with van der Waals surface area (Å²) in [5.41, 5.74) is 3.53. The molecule has 110 valence electrons. The topological polar surface area (TPSA) is 53.3 Å². The van der Waals surface area contributed by atoms with E-state index in [9.17, 15) is 5.11 Å². The summed E-state index contributed by atoms with van der Waals surface area (Å²) in [6, 6.07) is 0.255. The van der Waals surface area contributed by atoms with Crippen LogP contribution in [0.3, 0.4) is 0 Å².